The first-order valence-corrected chi connectivity index (χ1v) is 6.94. The Labute approximate surface area is 127 Å². The van der Waals surface area contributed by atoms with E-state index in [2.05, 4.69) is 31.4 Å². The van der Waals surface area contributed by atoms with E-state index < -0.39 is 11.9 Å². The zero-order chi connectivity index (χ0) is 15.5. The molecule has 0 saturated heterocycles. The van der Waals surface area contributed by atoms with E-state index in [4.69, 9.17) is 0 Å². The topological polar surface area (TPSA) is 107 Å². The molecular formula is C14H16N6O2. The maximum atomic E-state index is 11.2. The van der Waals surface area contributed by atoms with Gasteiger partial charge in [0.15, 0.2) is 0 Å². The Balaban J connectivity index is 1.76. The average Bonchev–Trinajstić information content (AvgIpc) is 2.98. The van der Waals surface area contributed by atoms with Crippen molar-refractivity contribution < 1.29 is 4.79 Å². The van der Waals surface area contributed by atoms with Crippen molar-refractivity contribution in [2.75, 3.05) is 6.54 Å². The molecule has 0 fully saturated rings. The second-order valence-electron chi connectivity index (χ2n) is 5.04. The van der Waals surface area contributed by atoms with Gasteiger partial charge in [-0.05, 0) is 25.3 Å². The molecule has 0 aromatic heterocycles. The highest BCUT2D eigenvalue weighted by atomic mass is 16.3. The minimum absolute atomic E-state index is 0.0572. The Hall–Kier alpha value is -2.90. The molecular weight excluding hydrogens is 284 g/mol. The molecule has 3 aliphatic heterocycles. The number of carbonyl (C=O) groups excluding carboxylic acids is 1. The molecule has 3 aliphatic rings. The standard InChI is InChI=1S/C14H16N6O2/c1-8(14(21)20-22)18-11-4-6-16-13(19-11)10-7-17-12-9(10)3-2-5-15-12/h2-5,7-8,12,15-16,18-19H,6H2,1H3/t8-,12?/m0/s1. The minimum atomic E-state index is -0.734. The van der Waals surface area contributed by atoms with E-state index in [1.807, 2.05) is 24.4 Å². The van der Waals surface area contributed by atoms with Crippen LogP contribution < -0.4 is 21.3 Å². The van der Waals surface area contributed by atoms with Gasteiger partial charge in [-0.3, -0.25) is 9.79 Å². The molecule has 8 heteroatoms. The number of rotatable bonds is 3. The lowest BCUT2D eigenvalue weighted by molar-refractivity contribution is -0.119. The molecule has 4 N–H and O–H groups in total. The number of dihydropyridines is 1. The largest absolute Gasteiger partial charge is 0.367 e. The van der Waals surface area contributed by atoms with Crippen molar-refractivity contribution in [3.8, 4) is 0 Å². The second-order valence-corrected chi connectivity index (χ2v) is 5.04. The summed E-state index contributed by atoms with van der Waals surface area (Å²) in [5.41, 5.74) is 2.03. The number of carbonyl (C=O) groups is 1. The Morgan fingerprint density at radius 3 is 3.23 bits per heavy atom. The number of hydrogen-bond donors (Lipinski definition) is 4. The van der Waals surface area contributed by atoms with E-state index >= 15 is 0 Å². The van der Waals surface area contributed by atoms with Gasteiger partial charge in [0.2, 0.25) is 0 Å². The Morgan fingerprint density at radius 2 is 2.41 bits per heavy atom. The summed E-state index contributed by atoms with van der Waals surface area (Å²) in [6.07, 6.45) is 9.39. The predicted molar refractivity (Wildman–Crippen MR) is 82.3 cm³/mol. The fraction of sp³-hybridized carbons (Fsp3) is 0.286. The van der Waals surface area contributed by atoms with Crippen molar-refractivity contribution in [2.24, 2.45) is 10.2 Å². The fourth-order valence-electron chi connectivity index (χ4n) is 2.39. The Kier molecular flexibility index (Phi) is 3.73. The smallest absolute Gasteiger partial charge is 0.308 e. The molecule has 114 valence electrons. The van der Waals surface area contributed by atoms with Gasteiger partial charge >= 0.3 is 5.91 Å². The van der Waals surface area contributed by atoms with Gasteiger partial charge in [0, 0.05) is 29.1 Å². The van der Waals surface area contributed by atoms with Crippen LogP contribution >= 0.6 is 0 Å². The van der Waals surface area contributed by atoms with Crippen molar-refractivity contribution in [2.45, 2.75) is 19.1 Å². The summed E-state index contributed by atoms with van der Waals surface area (Å²) < 4.78 is 0. The molecule has 3 rings (SSSR count). The van der Waals surface area contributed by atoms with Gasteiger partial charge in [0.25, 0.3) is 0 Å². The molecule has 0 aliphatic carbocycles. The van der Waals surface area contributed by atoms with Gasteiger partial charge in [-0.25, -0.2) is 0 Å². The molecule has 2 atom stereocenters. The van der Waals surface area contributed by atoms with Gasteiger partial charge in [-0.2, -0.15) is 0 Å². The van der Waals surface area contributed by atoms with Gasteiger partial charge in [-0.1, -0.05) is 6.08 Å². The van der Waals surface area contributed by atoms with E-state index in [1.54, 1.807) is 13.1 Å². The highest BCUT2D eigenvalue weighted by molar-refractivity contribution is 5.90. The zero-order valence-corrected chi connectivity index (χ0v) is 12.0. The zero-order valence-electron chi connectivity index (χ0n) is 12.0. The number of nitrogens with one attached hydrogen (secondary N) is 4. The Bertz CT molecular complexity index is 658. The second kappa shape index (κ2) is 5.84. The summed E-state index contributed by atoms with van der Waals surface area (Å²) in [5.74, 6) is 0.725. The van der Waals surface area contributed by atoms with Crippen molar-refractivity contribution >= 4 is 12.1 Å². The van der Waals surface area contributed by atoms with Crippen LogP contribution in [-0.4, -0.2) is 30.9 Å². The maximum Gasteiger partial charge on any atom is 0.308 e. The van der Waals surface area contributed by atoms with E-state index in [-0.39, 0.29) is 6.17 Å². The molecule has 0 aromatic rings. The highest BCUT2D eigenvalue weighted by Gasteiger charge is 2.26. The average molecular weight is 300 g/mol. The SMILES string of the molecule is C[C@H](NC1=CCNC(=C2C=NC3NC=CC=C23)N1)C(=O)N=O. The molecule has 3 heterocycles. The summed E-state index contributed by atoms with van der Waals surface area (Å²) in [4.78, 5) is 25.9. The summed E-state index contributed by atoms with van der Waals surface area (Å²) in [7, 11) is 0. The Morgan fingerprint density at radius 1 is 1.55 bits per heavy atom. The number of allylic oxidation sites excluding steroid dienone is 2. The molecule has 1 amide bonds. The first kappa shape index (κ1) is 14.1. The first-order chi connectivity index (χ1) is 10.7. The van der Waals surface area contributed by atoms with E-state index in [9.17, 15) is 9.70 Å². The summed E-state index contributed by atoms with van der Waals surface area (Å²) in [6, 6.07) is -0.677. The molecule has 1 unspecified atom stereocenters. The van der Waals surface area contributed by atoms with Gasteiger partial charge < -0.3 is 21.3 Å². The van der Waals surface area contributed by atoms with Crippen LogP contribution in [0.25, 0.3) is 0 Å². The number of fused-ring (bicyclic) bond motifs is 1. The van der Waals surface area contributed by atoms with Crippen LogP contribution in [0.3, 0.4) is 0 Å². The van der Waals surface area contributed by atoms with Crippen LogP contribution in [0.1, 0.15) is 6.92 Å². The number of nitrogens with zero attached hydrogens (tertiary/aromatic N) is 2. The van der Waals surface area contributed by atoms with Crippen molar-refractivity contribution in [3.63, 3.8) is 0 Å². The molecule has 0 aromatic carbocycles. The van der Waals surface area contributed by atoms with Gasteiger partial charge in [0.05, 0.1) is 0 Å². The lowest BCUT2D eigenvalue weighted by atomic mass is 10.0. The van der Waals surface area contributed by atoms with Crippen LogP contribution in [0.4, 0.5) is 0 Å². The third-order valence-electron chi connectivity index (χ3n) is 3.53. The summed E-state index contributed by atoms with van der Waals surface area (Å²) in [5, 5.41) is 14.9. The molecule has 0 bridgehead atoms. The van der Waals surface area contributed by atoms with Gasteiger partial charge in [0.1, 0.15) is 23.8 Å². The number of amides is 1. The number of nitroso groups, excluding NO2 is 1. The predicted octanol–water partition coefficient (Wildman–Crippen LogP) is -0.0429. The molecule has 0 spiro atoms. The van der Waals surface area contributed by atoms with Crippen molar-refractivity contribution in [1.29, 1.82) is 0 Å². The van der Waals surface area contributed by atoms with E-state index in [1.165, 1.54) is 0 Å². The third kappa shape index (κ3) is 2.62. The van der Waals surface area contributed by atoms with Crippen molar-refractivity contribution in [1.82, 2.24) is 21.3 Å². The normalized spacial score (nSPS) is 26.7. The fourth-order valence-corrected chi connectivity index (χ4v) is 2.39. The third-order valence-corrected chi connectivity index (χ3v) is 3.53. The van der Waals surface area contributed by atoms with Crippen molar-refractivity contribution in [3.05, 3.63) is 52.1 Å². The van der Waals surface area contributed by atoms with E-state index in [0.29, 0.717) is 12.4 Å². The first-order valence-electron chi connectivity index (χ1n) is 6.94. The molecule has 22 heavy (non-hydrogen) atoms. The van der Waals surface area contributed by atoms with Crippen LogP contribution in [0.5, 0.6) is 0 Å². The lowest BCUT2D eigenvalue weighted by Crippen LogP contribution is -2.43. The monoisotopic (exact) mass is 300 g/mol. The van der Waals surface area contributed by atoms with Crippen LogP contribution in [-0.2, 0) is 4.79 Å². The molecule has 0 saturated carbocycles. The van der Waals surface area contributed by atoms with Crippen LogP contribution in [0.15, 0.2) is 57.4 Å². The molecule has 0 radical (unpaired) electrons. The molecule has 8 nitrogen and oxygen atoms in total. The summed E-state index contributed by atoms with van der Waals surface area (Å²) >= 11 is 0. The lowest BCUT2D eigenvalue weighted by Gasteiger charge is -2.25. The minimum Gasteiger partial charge on any atom is -0.367 e. The maximum absolute atomic E-state index is 11.2. The van der Waals surface area contributed by atoms with Crippen LogP contribution in [0.2, 0.25) is 0 Å². The summed E-state index contributed by atoms with van der Waals surface area (Å²) in [6.45, 7) is 2.19. The highest BCUT2D eigenvalue weighted by Crippen LogP contribution is 2.24. The number of hydrogen-bond acceptors (Lipinski definition) is 7. The van der Waals surface area contributed by atoms with Gasteiger partial charge in [-0.15, -0.1) is 4.91 Å². The van der Waals surface area contributed by atoms with Crippen LogP contribution in [0, 0.1) is 4.91 Å². The van der Waals surface area contributed by atoms with E-state index in [0.717, 1.165) is 17.0 Å². The number of aliphatic imine (C=N–C) groups is 1. The quantitative estimate of drug-likeness (QED) is 0.545.